The zero-order valence-corrected chi connectivity index (χ0v) is 8.53. The Labute approximate surface area is 91.5 Å². The molecule has 1 aromatic carbocycles. The molecule has 0 saturated heterocycles. The van der Waals surface area contributed by atoms with Crippen LogP contribution in [0.5, 0.6) is 0 Å². The Bertz CT molecular complexity index is 457. The molecule has 2 N–H and O–H groups in total. The number of rotatable bonds is 3. The Morgan fingerprint density at radius 2 is 1.94 bits per heavy atom. The van der Waals surface area contributed by atoms with Gasteiger partial charge in [0.25, 0.3) is 0 Å². The van der Waals surface area contributed by atoms with Crippen molar-refractivity contribution >= 4 is 0 Å². The fraction of sp³-hybridized carbons (Fsp3) is 0.182. The largest absolute Gasteiger partial charge is 0.330 e. The van der Waals surface area contributed by atoms with E-state index in [2.05, 4.69) is 4.98 Å². The average Bonchev–Trinajstić information content (AvgIpc) is 2.70. The van der Waals surface area contributed by atoms with Crippen LogP contribution in [-0.4, -0.2) is 16.1 Å². The van der Waals surface area contributed by atoms with Gasteiger partial charge in [-0.2, -0.15) is 0 Å². The van der Waals surface area contributed by atoms with Gasteiger partial charge in [0, 0.05) is 12.4 Å². The second-order valence-electron chi connectivity index (χ2n) is 3.42. The highest BCUT2D eigenvalue weighted by Crippen LogP contribution is 2.19. The van der Waals surface area contributed by atoms with Crippen LogP contribution in [0.1, 0.15) is 5.56 Å². The number of aromatic nitrogens is 2. The maximum absolute atomic E-state index is 13.7. The summed E-state index contributed by atoms with van der Waals surface area (Å²) in [6.45, 7) is 0.364. The molecular formula is C11H11F2N3. The van der Waals surface area contributed by atoms with Crippen LogP contribution in [-0.2, 0) is 6.42 Å². The summed E-state index contributed by atoms with van der Waals surface area (Å²) in [5, 5.41) is 0. The van der Waals surface area contributed by atoms with E-state index in [-0.39, 0.29) is 5.69 Å². The fourth-order valence-electron chi connectivity index (χ4n) is 1.57. The van der Waals surface area contributed by atoms with E-state index in [1.807, 2.05) is 0 Å². The Morgan fingerprint density at radius 1 is 1.25 bits per heavy atom. The van der Waals surface area contributed by atoms with E-state index in [0.717, 1.165) is 0 Å². The van der Waals surface area contributed by atoms with Crippen LogP contribution in [0.4, 0.5) is 8.78 Å². The van der Waals surface area contributed by atoms with E-state index in [0.29, 0.717) is 18.5 Å². The van der Waals surface area contributed by atoms with Crippen LogP contribution in [0.25, 0.3) is 5.69 Å². The van der Waals surface area contributed by atoms with Gasteiger partial charge < -0.3 is 10.3 Å². The first-order valence-electron chi connectivity index (χ1n) is 4.88. The molecule has 0 radical (unpaired) electrons. The van der Waals surface area contributed by atoms with Gasteiger partial charge in [0.1, 0.15) is 5.69 Å². The molecule has 0 amide bonds. The smallest absolute Gasteiger partial charge is 0.150 e. The molecule has 0 unspecified atom stereocenters. The van der Waals surface area contributed by atoms with E-state index >= 15 is 0 Å². The molecule has 2 rings (SSSR count). The normalized spacial score (nSPS) is 10.7. The van der Waals surface area contributed by atoms with E-state index in [1.165, 1.54) is 35.4 Å². The Kier molecular flexibility index (Phi) is 2.96. The molecule has 2 aromatic rings. The van der Waals surface area contributed by atoms with Gasteiger partial charge in [-0.25, -0.2) is 13.8 Å². The summed E-state index contributed by atoms with van der Waals surface area (Å²) in [5.74, 6) is -1.22. The molecule has 0 atom stereocenters. The minimum Gasteiger partial charge on any atom is -0.330 e. The highest BCUT2D eigenvalue weighted by molar-refractivity contribution is 5.38. The standard InChI is InChI=1S/C11H11F2N3/c12-9-5-8(1-2-14)6-10(13)11(9)16-4-3-15-7-16/h3-7H,1-2,14H2. The lowest BCUT2D eigenvalue weighted by Gasteiger charge is -2.08. The number of nitrogens with zero attached hydrogens (tertiary/aromatic N) is 2. The van der Waals surface area contributed by atoms with Crippen molar-refractivity contribution in [2.45, 2.75) is 6.42 Å². The van der Waals surface area contributed by atoms with Crippen molar-refractivity contribution in [1.82, 2.24) is 9.55 Å². The molecule has 3 nitrogen and oxygen atoms in total. The fourth-order valence-corrected chi connectivity index (χ4v) is 1.57. The summed E-state index contributed by atoms with van der Waals surface area (Å²) in [4.78, 5) is 3.75. The van der Waals surface area contributed by atoms with Gasteiger partial charge in [0.2, 0.25) is 0 Å². The molecule has 1 aromatic heterocycles. The summed E-state index contributed by atoms with van der Waals surface area (Å²) < 4.78 is 28.6. The topological polar surface area (TPSA) is 43.8 Å². The van der Waals surface area contributed by atoms with Crippen molar-refractivity contribution in [2.24, 2.45) is 5.73 Å². The molecule has 16 heavy (non-hydrogen) atoms. The van der Waals surface area contributed by atoms with Crippen LogP contribution in [0.3, 0.4) is 0 Å². The first-order chi connectivity index (χ1) is 7.72. The van der Waals surface area contributed by atoms with Crippen molar-refractivity contribution in [2.75, 3.05) is 6.54 Å². The summed E-state index contributed by atoms with van der Waals surface area (Å²) in [6.07, 6.45) is 4.76. The monoisotopic (exact) mass is 223 g/mol. The van der Waals surface area contributed by atoms with E-state index in [1.54, 1.807) is 0 Å². The summed E-state index contributed by atoms with van der Waals surface area (Å²) in [7, 11) is 0. The lowest BCUT2D eigenvalue weighted by atomic mass is 10.1. The highest BCUT2D eigenvalue weighted by atomic mass is 19.1. The van der Waals surface area contributed by atoms with Gasteiger partial charge in [0.15, 0.2) is 11.6 Å². The lowest BCUT2D eigenvalue weighted by Crippen LogP contribution is -2.06. The third-order valence-corrected chi connectivity index (χ3v) is 2.27. The minimum atomic E-state index is -0.610. The van der Waals surface area contributed by atoms with Crippen molar-refractivity contribution in [3.8, 4) is 5.69 Å². The van der Waals surface area contributed by atoms with E-state index < -0.39 is 11.6 Å². The maximum Gasteiger partial charge on any atom is 0.150 e. The predicted octanol–water partition coefficient (Wildman–Crippen LogP) is 1.65. The third kappa shape index (κ3) is 1.94. The molecule has 0 aliphatic carbocycles. The summed E-state index contributed by atoms with van der Waals surface area (Å²) in [5.41, 5.74) is 5.78. The summed E-state index contributed by atoms with van der Waals surface area (Å²) in [6, 6.07) is 2.59. The van der Waals surface area contributed by atoms with Crippen molar-refractivity contribution in [3.05, 3.63) is 48.1 Å². The molecule has 5 heteroatoms. The van der Waals surface area contributed by atoms with Gasteiger partial charge >= 0.3 is 0 Å². The average molecular weight is 223 g/mol. The minimum absolute atomic E-state index is 0.113. The van der Waals surface area contributed by atoms with E-state index in [4.69, 9.17) is 5.73 Å². The zero-order valence-electron chi connectivity index (χ0n) is 8.53. The van der Waals surface area contributed by atoms with Crippen molar-refractivity contribution in [3.63, 3.8) is 0 Å². The number of imidazole rings is 1. The Morgan fingerprint density at radius 3 is 2.44 bits per heavy atom. The molecular weight excluding hydrogens is 212 g/mol. The van der Waals surface area contributed by atoms with Crippen LogP contribution >= 0.6 is 0 Å². The van der Waals surface area contributed by atoms with Crippen LogP contribution in [0, 0.1) is 11.6 Å². The lowest BCUT2D eigenvalue weighted by molar-refractivity contribution is 0.565. The second kappa shape index (κ2) is 4.40. The molecule has 84 valence electrons. The number of benzene rings is 1. The number of hydrogen-bond donors (Lipinski definition) is 1. The van der Waals surface area contributed by atoms with E-state index in [9.17, 15) is 8.78 Å². The van der Waals surface area contributed by atoms with Crippen LogP contribution < -0.4 is 5.73 Å². The SMILES string of the molecule is NCCc1cc(F)c(-n2ccnc2)c(F)c1. The number of nitrogens with two attached hydrogens (primary N) is 1. The molecule has 0 saturated carbocycles. The van der Waals surface area contributed by atoms with Gasteiger partial charge in [0.05, 0.1) is 6.33 Å². The Hall–Kier alpha value is -1.75. The van der Waals surface area contributed by atoms with Gasteiger partial charge in [-0.05, 0) is 30.7 Å². The Balaban J connectivity index is 2.48. The zero-order chi connectivity index (χ0) is 11.5. The highest BCUT2D eigenvalue weighted by Gasteiger charge is 2.12. The van der Waals surface area contributed by atoms with Crippen molar-refractivity contribution in [1.29, 1.82) is 0 Å². The predicted molar refractivity (Wildman–Crippen MR) is 56.2 cm³/mol. The third-order valence-electron chi connectivity index (χ3n) is 2.27. The summed E-state index contributed by atoms with van der Waals surface area (Å²) >= 11 is 0. The molecule has 1 heterocycles. The molecule has 0 spiro atoms. The molecule has 0 fully saturated rings. The van der Waals surface area contributed by atoms with Crippen LogP contribution in [0.15, 0.2) is 30.9 Å². The number of hydrogen-bond acceptors (Lipinski definition) is 2. The van der Waals surface area contributed by atoms with Gasteiger partial charge in [-0.1, -0.05) is 0 Å². The number of halogens is 2. The molecule has 0 aliphatic rings. The second-order valence-corrected chi connectivity index (χ2v) is 3.42. The van der Waals surface area contributed by atoms with Gasteiger partial charge in [-0.3, -0.25) is 0 Å². The first kappa shape index (κ1) is 10.8. The van der Waals surface area contributed by atoms with Crippen molar-refractivity contribution < 1.29 is 8.78 Å². The van der Waals surface area contributed by atoms with Crippen LogP contribution in [0.2, 0.25) is 0 Å². The quantitative estimate of drug-likeness (QED) is 0.859. The first-order valence-corrected chi connectivity index (χ1v) is 4.88. The molecule has 0 bridgehead atoms. The van der Waals surface area contributed by atoms with Gasteiger partial charge in [-0.15, -0.1) is 0 Å². The molecule has 0 aliphatic heterocycles. The maximum atomic E-state index is 13.7.